The van der Waals surface area contributed by atoms with E-state index in [9.17, 15) is 8.42 Å². The molecule has 0 heterocycles. The first kappa shape index (κ1) is 18.5. The van der Waals surface area contributed by atoms with Gasteiger partial charge in [0.15, 0.2) is 17.4 Å². The van der Waals surface area contributed by atoms with Crippen molar-refractivity contribution in [2.24, 2.45) is 0 Å². The van der Waals surface area contributed by atoms with Crippen molar-refractivity contribution in [3.8, 4) is 0 Å². The molecule has 0 amide bonds. The van der Waals surface area contributed by atoms with Gasteiger partial charge >= 0.3 is 0 Å². The Bertz CT molecular complexity index is 646. The summed E-state index contributed by atoms with van der Waals surface area (Å²) in [5.74, 6) is 0. The third kappa shape index (κ3) is 6.08. The molecule has 0 atom stereocenters. The number of hydrogen-bond acceptors (Lipinski definition) is 4. The smallest absolute Gasteiger partial charge is 0.296 e. The lowest BCUT2D eigenvalue weighted by molar-refractivity contribution is 0.483. The number of benzene rings is 2. The van der Waals surface area contributed by atoms with Gasteiger partial charge in [0.05, 0.1) is 5.69 Å². The Morgan fingerprint density at radius 3 is 1.90 bits per heavy atom. The van der Waals surface area contributed by atoms with E-state index in [0.29, 0.717) is 5.69 Å². The molecule has 0 aromatic heterocycles. The van der Waals surface area contributed by atoms with Crippen molar-refractivity contribution in [3.05, 3.63) is 54.1 Å². The molecule has 0 saturated heterocycles. The molecule has 5 N–H and O–H groups in total. The number of hydrogen-bond donors (Lipinski definition) is 3. The van der Waals surface area contributed by atoms with Gasteiger partial charge in [-0.2, -0.15) is 8.42 Å². The number of nitrogens with two attached hydrogens (primary N) is 2. The maximum atomic E-state index is 10.6. The number of rotatable bonds is 1. The van der Waals surface area contributed by atoms with E-state index >= 15 is 0 Å². The summed E-state index contributed by atoms with van der Waals surface area (Å²) in [7, 11) is -4.23. The van der Waals surface area contributed by atoms with Gasteiger partial charge in [-0.1, -0.05) is 35.9 Å². The molecule has 0 fully saturated rings. The lowest BCUT2D eigenvalue weighted by Crippen LogP contribution is -2.03. The zero-order chi connectivity index (χ0) is 14.5. The molecule has 0 aliphatic carbocycles. The molecule has 0 radical (unpaired) electrons. The fourth-order valence-corrected chi connectivity index (χ4v) is 1.93. The fourth-order valence-electron chi connectivity index (χ4n) is 1.34. The van der Waals surface area contributed by atoms with Crippen molar-refractivity contribution in [2.45, 2.75) is 11.8 Å². The van der Waals surface area contributed by atoms with E-state index in [0.717, 1.165) is 6.07 Å². The zero-order valence-corrected chi connectivity index (χ0v) is 11.3. The third-order valence-electron chi connectivity index (χ3n) is 2.25. The Morgan fingerprint density at radius 2 is 1.55 bits per heavy atom. The molecule has 20 heavy (non-hydrogen) atoms. The standard InChI is InChI=1S/C7H8.C6H8N2O3S.Al.3H/c1-7-5-3-2-4-6-7;7-4-1-2-6(5(8)3-4)12(9,10)11;;;;/h2-6H,1H3;1-3H,7-8H2,(H,9,10,11);;;;. The molecule has 2 aromatic carbocycles. The number of aryl methyl sites for hydroxylation is 1. The van der Waals surface area contributed by atoms with Gasteiger partial charge < -0.3 is 11.5 Å². The molecule has 0 aliphatic rings. The van der Waals surface area contributed by atoms with Crippen LogP contribution < -0.4 is 11.5 Å². The third-order valence-corrected chi connectivity index (χ3v) is 3.18. The first-order valence-electron chi connectivity index (χ1n) is 5.45. The van der Waals surface area contributed by atoms with Crippen LogP contribution in [-0.4, -0.2) is 30.3 Å². The molecular formula is C13H19AlN2O3S. The molecule has 108 valence electrons. The van der Waals surface area contributed by atoms with Crippen molar-refractivity contribution in [1.29, 1.82) is 0 Å². The van der Waals surface area contributed by atoms with Gasteiger partial charge in [0.2, 0.25) is 0 Å². The largest absolute Gasteiger partial charge is 0.399 e. The van der Waals surface area contributed by atoms with Gasteiger partial charge in [-0.15, -0.1) is 0 Å². The highest BCUT2D eigenvalue weighted by Crippen LogP contribution is 2.19. The van der Waals surface area contributed by atoms with Crippen LogP contribution in [0.1, 0.15) is 5.56 Å². The quantitative estimate of drug-likeness (QED) is 0.412. The molecule has 2 rings (SSSR count). The lowest BCUT2D eigenvalue weighted by Gasteiger charge is -2.01. The maximum Gasteiger partial charge on any atom is 0.296 e. The van der Waals surface area contributed by atoms with Crippen LogP contribution in [0.5, 0.6) is 0 Å². The van der Waals surface area contributed by atoms with Crippen LogP contribution in [-0.2, 0) is 10.1 Å². The molecular weight excluding hydrogens is 291 g/mol. The highest BCUT2D eigenvalue weighted by molar-refractivity contribution is 7.86. The van der Waals surface area contributed by atoms with E-state index < -0.39 is 10.1 Å². The molecule has 7 heteroatoms. The van der Waals surface area contributed by atoms with Crippen molar-refractivity contribution in [1.82, 2.24) is 0 Å². The van der Waals surface area contributed by atoms with Gasteiger partial charge in [-0.25, -0.2) is 0 Å². The predicted molar refractivity (Wildman–Crippen MR) is 86.2 cm³/mol. The molecule has 5 nitrogen and oxygen atoms in total. The molecule has 0 spiro atoms. The first-order valence-corrected chi connectivity index (χ1v) is 6.89. The molecule has 2 aromatic rings. The van der Waals surface area contributed by atoms with Gasteiger partial charge in [0, 0.05) is 5.69 Å². The topological polar surface area (TPSA) is 106 Å². The van der Waals surface area contributed by atoms with Crippen LogP contribution in [0.4, 0.5) is 11.4 Å². The van der Waals surface area contributed by atoms with Gasteiger partial charge in [0.25, 0.3) is 10.1 Å². The average Bonchev–Trinajstić information content (AvgIpc) is 2.28. The van der Waals surface area contributed by atoms with Crippen molar-refractivity contribution < 1.29 is 13.0 Å². The zero-order valence-electron chi connectivity index (χ0n) is 10.4. The van der Waals surface area contributed by atoms with E-state index in [-0.39, 0.29) is 27.9 Å². The summed E-state index contributed by atoms with van der Waals surface area (Å²) in [6.45, 7) is 2.08. The molecule has 0 unspecified atom stereocenters. The van der Waals surface area contributed by atoms with Crippen LogP contribution >= 0.6 is 0 Å². The minimum Gasteiger partial charge on any atom is -0.399 e. The average molecular weight is 310 g/mol. The van der Waals surface area contributed by atoms with E-state index in [1.54, 1.807) is 0 Å². The van der Waals surface area contributed by atoms with E-state index in [1.165, 1.54) is 17.7 Å². The lowest BCUT2D eigenvalue weighted by atomic mass is 10.2. The fraction of sp³-hybridized carbons (Fsp3) is 0.0769. The Kier molecular flexibility index (Phi) is 7.32. The number of nitrogen functional groups attached to an aromatic ring is 2. The summed E-state index contributed by atoms with van der Waals surface area (Å²) in [6, 6.07) is 14.0. The Hall–Kier alpha value is -1.52. The van der Waals surface area contributed by atoms with Crippen LogP contribution in [0.2, 0.25) is 0 Å². The Morgan fingerprint density at radius 1 is 1.00 bits per heavy atom. The Labute approximate surface area is 129 Å². The summed E-state index contributed by atoms with van der Waals surface area (Å²) < 4.78 is 29.8. The highest BCUT2D eigenvalue weighted by atomic mass is 32.2. The van der Waals surface area contributed by atoms with Gasteiger partial charge in [0.1, 0.15) is 4.90 Å². The van der Waals surface area contributed by atoms with E-state index in [4.69, 9.17) is 16.0 Å². The normalized spacial score (nSPS) is 9.90. The van der Waals surface area contributed by atoms with Gasteiger partial charge in [-0.3, -0.25) is 4.55 Å². The van der Waals surface area contributed by atoms with E-state index in [1.807, 2.05) is 18.2 Å². The van der Waals surface area contributed by atoms with Gasteiger partial charge in [-0.05, 0) is 25.1 Å². The summed E-state index contributed by atoms with van der Waals surface area (Å²) in [5.41, 5.74) is 12.2. The Balaban J connectivity index is 0.000000387. The number of anilines is 2. The van der Waals surface area contributed by atoms with Crippen LogP contribution in [0.25, 0.3) is 0 Å². The summed E-state index contributed by atoms with van der Waals surface area (Å²) in [5, 5.41) is 0. The minimum atomic E-state index is -4.23. The van der Waals surface area contributed by atoms with Crippen LogP contribution in [0, 0.1) is 6.92 Å². The van der Waals surface area contributed by atoms with Crippen LogP contribution in [0.3, 0.4) is 0 Å². The summed E-state index contributed by atoms with van der Waals surface area (Å²) >= 11 is 0. The second-order valence-corrected chi connectivity index (χ2v) is 5.32. The minimum absolute atomic E-state index is 0. The highest BCUT2D eigenvalue weighted by Gasteiger charge is 2.12. The summed E-state index contributed by atoms with van der Waals surface area (Å²) in [6.07, 6.45) is 0. The van der Waals surface area contributed by atoms with E-state index in [2.05, 4.69) is 19.1 Å². The predicted octanol–water partition coefficient (Wildman–Crippen LogP) is 0.909. The second-order valence-electron chi connectivity index (χ2n) is 3.93. The second kappa shape index (κ2) is 7.92. The molecule has 0 saturated carbocycles. The van der Waals surface area contributed by atoms with Crippen molar-refractivity contribution in [3.63, 3.8) is 0 Å². The molecule has 0 bridgehead atoms. The van der Waals surface area contributed by atoms with Crippen molar-refractivity contribution in [2.75, 3.05) is 11.5 Å². The van der Waals surface area contributed by atoms with Crippen LogP contribution in [0.15, 0.2) is 53.4 Å². The maximum absolute atomic E-state index is 10.6. The SMILES string of the molecule is Cc1ccccc1.Nc1ccc(S(=O)(=O)O)c(N)c1.[AlH3]. The molecule has 0 aliphatic heterocycles. The summed E-state index contributed by atoms with van der Waals surface area (Å²) in [4.78, 5) is -0.322. The first-order chi connectivity index (χ1) is 8.80. The monoisotopic (exact) mass is 310 g/mol. The van der Waals surface area contributed by atoms with Crippen molar-refractivity contribution >= 4 is 38.9 Å².